The Morgan fingerprint density at radius 2 is 1.85 bits per heavy atom. The number of carbonyl (C=O) groups excluding carboxylic acids is 1. The van der Waals surface area contributed by atoms with Gasteiger partial charge in [-0.3, -0.25) is 9.69 Å². The lowest BCUT2D eigenvalue weighted by atomic mass is 9.72. The summed E-state index contributed by atoms with van der Waals surface area (Å²) in [6, 6.07) is 8.43. The van der Waals surface area contributed by atoms with Crippen LogP contribution in [0.3, 0.4) is 0 Å². The normalized spacial score (nSPS) is 20.8. The van der Waals surface area contributed by atoms with Crippen LogP contribution in [0.2, 0.25) is 0 Å². The summed E-state index contributed by atoms with van der Waals surface area (Å²) in [6.45, 7) is 8.56. The van der Waals surface area contributed by atoms with Crippen LogP contribution in [0.15, 0.2) is 24.3 Å². The molecule has 0 aromatic heterocycles. The van der Waals surface area contributed by atoms with Gasteiger partial charge in [-0.1, -0.05) is 12.1 Å². The van der Waals surface area contributed by atoms with Gasteiger partial charge in [0.2, 0.25) is 5.91 Å². The van der Waals surface area contributed by atoms with Gasteiger partial charge in [0.25, 0.3) is 0 Å². The van der Waals surface area contributed by atoms with Gasteiger partial charge in [-0.05, 0) is 69.3 Å². The molecular formula is C21H32N2O3. The van der Waals surface area contributed by atoms with Crippen molar-refractivity contribution in [1.82, 2.24) is 9.80 Å². The van der Waals surface area contributed by atoms with E-state index in [1.807, 2.05) is 18.7 Å². The van der Waals surface area contributed by atoms with Crippen molar-refractivity contribution in [2.75, 3.05) is 32.8 Å². The number of carbonyl (C=O) groups is 1. The summed E-state index contributed by atoms with van der Waals surface area (Å²) in [5, 5.41) is 9.19. The first-order valence-electron chi connectivity index (χ1n) is 9.86. The van der Waals surface area contributed by atoms with E-state index in [0.29, 0.717) is 13.0 Å². The molecular weight excluding hydrogens is 328 g/mol. The van der Waals surface area contributed by atoms with E-state index >= 15 is 0 Å². The van der Waals surface area contributed by atoms with Gasteiger partial charge in [0.05, 0.1) is 12.7 Å². The van der Waals surface area contributed by atoms with Gasteiger partial charge in [-0.2, -0.15) is 0 Å². The Hall–Kier alpha value is -1.59. The quantitative estimate of drug-likeness (QED) is 0.847. The maximum Gasteiger partial charge on any atom is 0.222 e. The third kappa shape index (κ3) is 4.77. The Balaban J connectivity index is 1.51. The number of nitrogens with zero attached hydrogens (tertiary/aromatic N) is 2. The minimum absolute atomic E-state index is 0.0600. The Morgan fingerprint density at radius 3 is 2.46 bits per heavy atom. The van der Waals surface area contributed by atoms with Crippen LogP contribution in [0, 0.1) is 5.41 Å². The SMILES string of the molecule is CC(C)Oc1ccc(CN2CCC3(CCC(=O)N(CCO)C3)CC2)cc1. The fraction of sp³-hybridized carbons (Fsp3) is 0.667. The number of aliphatic hydroxyl groups excluding tert-OH is 1. The van der Waals surface area contributed by atoms with Gasteiger partial charge in [-0.15, -0.1) is 0 Å². The van der Waals surface area contributed by atoms with Crippen LogP contribution in [0.5, 0.6) is 5.75 Å². The summed E-state index contributed by atoms with van der Waals surface area (Å²) >= 11 is 0. The van der Waals surface area contributed by atoms with E-state index in [1.165, 1.54) is 5.56 Å². The Bertz CT molecular complexity index is 592. The Labute approximate surface area is 156 Å². The van der Waals surface area contributed by atoms with E-state index in [4.69, 9.17) is 4.74 Å². The highest BCUT2D eigenvalue weighted by molar-refractivity contribution is 5.77. The van der Waals surface area contributed by atoms with Crippen LogP contribution in [0.4, 0.5) is 0 Å². The van der Waals surface area contributed by atoms with Crippen LogP contribution < -0.4 is 4.74 Å². The minimum Gasteiger partial charge on any atom is -0.491 e. The zero-order chi connectivity index (χ0) is 18.6. The van der Waals surface area contributed by atoms with Gasteiger partial charge in [0.1, 0.15) is 5.75 Å². The summed E-state index contributed by atoms with van der Waals surface area (Å²) in [5.41, 5.74) is 1.58. The van der Waals surface area contributed by atoms with Gasteiger partial charge >= 0.3 is 0 Å². The first-order valence-corrected chi connectivity index (χ1v) is 9.86. The summed E-state index contributed by atoms with van der Waals surface area (Å²) < 4.78 is 5.71. The largest absolute Gasteiger partial charge is 0.491 e. The molecule has 2 saturated heterocycles. The number of benzene rings is 1. The van der Waals surface area contributed by atoms with Crippen molar-refractivity contribution in [1.29, 1.82) is 0 Å². The average molecular weight is 360 g/mol. The highest BCUT2D eigenvalue weighted by Crippen LogP contribution is 2.40. The van der Waals surface area contributed by atoms with Crippen molar-refractivity contribution in [2.45, 2.75) is 52.2 Å². The number of piperidine rings is 2. The molecule has 1 aromatic rings. The van der Waals surface area contributed by atoms with Crippen LogP contribution in [-0.2, 0) is 11.3 Å². The lowest BCUT2D eigenvalue weighted by molar-refractivity contribution is -0.139. The molecule has 1 spiro atoms. The highest BCUT2D eigenvalue weighted by Gasteiger charge is 2.40. The molecule has 0 unspecified atom stereocenters. The maximum atomic E-state index is 12.0. The molecule has 0 saturated carbocycles. The van der Waals surface area contributed by atoms with Crippen LogP contribution >= 0.6 is 0 Å². The van der Waals surface area contributed by atoms with Crippen LogP contribution in [-0.4, -0.2) is 59.7 Å². The topological polar surface area (TPSA) is 53.0 Å². The first-order chi connectivity index (χ1) is 12.5. The molecule has 2 heterocycles. The third-order valence-corrected chi connectivity index (χ3v) is 5.74. The molecule has 0 atom stereocenters. The molecule has 3 rings (SSSR count). The first kappa shape index (κ1) is 19.2. The fourth-order valence-electron chi connectivity index (χ4n) is 4.22. The summed E-state index contributed by atoms with van der Waals surface area (Å²) in [7, 11) is 0. The number of likely N-dealkylation sites (tertiary alicyclic amines) is 2. The molecule has 1 aromatic carbocycles. The average Bonchev–Trinajstić information content (AvgIpc) is 2.62. The van der Waals surface area contributed by atoms with E-state index in [9.17, 15) is 9.90 Å². The minimum atomic E-state index is 0.0600. The number of aliphatic hydroxyl groups is 1. The van der Waals surface area contributed by atoms with Crippen molar-refractivity contribution < 1.29 is 14.6 Å². The molecule has 5 nitrogen and oxygen atoms in total. The molecule has 26 heavy (non-hydrogen) atoms. The second kappa shape index (κ2) is 8.40. The second-order valence-corrected chi connectivity index (χ2v) is 8.13. The molecule has 2 aliphatic heterocycles. The summed E-state index contributed by atoms with van der Waals surface area (Å²) in [5.74, 6) is 1.13. The lowest BCUT2D eigenvalue weighted by Crippen LogP contribution is -2.51. The molecule has 0 aliphatic carbocycles. The van der Waals surface area contributed by atoms with Crippen molar-refractivity contribution >= 4 is 5.91 Å². The standard InChI is InChI=1S/C21H32N2O3/c1-17(2)26-19-5-3-18(4-6-19)15-22-11-9-21(10-12-22)8-7-20(25)23(16-21)13-14-24/h3-6,17,24H,7-16H2,1-2H3. The molecule has 144 valence electrons. The van der Waals surface area contributed by atoms with E-state index in [2.05, 4.69) is 29.2 Å². The smallest absolute Gasteiger partial charge is 0.222 e. The number of rotatable bonds is 6. The lowest BCUT2D eigenvalue weighted by Gasteiger charge is -2.47. The van der Waals surface area contributed by atoms with E-state index in [0.717, 1.165) is 51.2 Å². The monoisotopic (exact) mass is 360 g/mol. The number of ether oxygens (including phenoxy) is 1. The molecule has 1 N–H and O–H groups in total. The zero-order valence-electron chi connectivity index (χ0n) is 16.1. The number of amides is 1. The number of β-amino-alcohol motifs (C(OH)–C–C–N with tert-alkyl or cyclic N) is 1. The van der Waals surface area contributed by atoms with Gasteiger partial charge < -0.3 is 14.7 Å². The van der Waals surface area contributed by atoms with Gasteiger partial charge in [0, 0.05) is 26.1 Å². The van der Waals surface area contributed by atoms with Crippen molar-refractivity contribution in [3.05, 3.63) is 29.8 Å². The summed E-state index contributed by atoms with van der Waals surface area (Å²) in [6.07, 6.45) is 4.11. The number of hydrogen-bond acceptors (Lipinski definition) is 4. The predicted molar refractivity (Wildman–Crippen MR) is 102 cm³/mol. The van der Waals surface area contributed by atoms with E-state index in [1.54, 1.807) is 0 Å². The molecule has 5 heteroatoms. The molecule has 1 amide bonds. The third-order valence-electron chi connectivity index (χ3n) is 5.74. The second-order valence-electron chi connectivity index (χ2n) is 8.13. The molecule has 0 radical (unpaired) electrons. The molecule has 2 fully saturated rings. The Morgan fingerprint density at radius 1 is 1.15 bits per heavy atom. The van der Waals surface area contributed by atoms with Crippen molar-refractivity contribution in [3.63, 3.8) is 0 Å². The Kier molecular flexibility index (Phi) is 6.20. The van der Waals surface area contributed by atoms with Gasteiger partial charge in [0.15, 0.2) is 0 Å². The number of hydrogen-bond donors (Lipinski definition) is 1. The van der Waals surface area contributed by atoms with Crippen LogP contribution in [0.25, 0.3) is 0 Å². The zero-order valence-corrected chi connectivity index (χ0v) is 16.1. The van der Waals surface area contributed by atoms with Crippen molar-refractivity contribution in [2.24, 2.45) is 5.41 Å². The van der Waals surface area contributed by atoms with E-state index < -0.39 is 0 Å². The van der Waals surface area contributed by atoms with Crippen LogP contribution in [0.1, 0.15) is 45.1 Å². The fourth-order valence-corrected chi connectivity index (χ4v) is 4.22. The predicted octanol–water partition coefficient (Wildman–Crippen LogP) is 2.67. The molecule has 0 bridgehead atoms. The van der Waals surface area contributed by atoms with Gasteiger partial charge in [-0.25, -0.2) is 0 Å². The molecule has 2 aliphatic rings. The highest BCUT2D eigenvalue weighted by atomic mass is 16.5. The van der Waals surface area contributed by atoms with E-state index in [-0.39, 0.29) is 24.0 Å². The van der Waals surface area contributed by atoms with Crippen molar-refractivity contribution in [3.8, 4) is 5.75 Å². The summed E-state index contributed by atoms with van der Waals surface area (Å²) in [4.78, 5) is 16.4. The maximum absolute atomic E-state index is 12.0.